The number of rotatable bonds is 5. The van der Waals surface area contributed by atoms with Crippen LogP contribution >= 0.6 is 25.3 Å². The van der Waals surface area contributed by atoms with E-state index in [9.17, 15) is 29.3 Å². The molecule has 0 radical (unpaired) electrons. The van der Waals surface area contributed by atoms with Crippen LogP contribution in [0.15, 0.2) is 24.3 Å². The Balaban J connectivity index is 1.96. The highest BCUT2D eigenvalue weighted by atomic mass is 32.1. The molecule has 0 spiro atoms. The van der Waals surface area contributed by atoms with Crippen molar-refractivity contribution in [3.05, 3.63) is 39.9 Å². The predicted octanol–water partition coefficient (Wildman–Crippen LogP) is -1.10. The highest BCUT2D eigenvalue weighted by molar-refractivity contribution is 7.81. The lowest BCUT2D eigenvalue weighted by atomic mass is 9.74. The molecule has 0 saturated carbocycles. The van der Waals surface area contributed by atoms with Crippen molar-refractivity contribution in [1.82, 2.24) is 21.3 Å². The Hall–Kier alpha value is -2.80. The van der Waals surface area contributed by atoms with Crippen LogP contribution in [0.2, 0.25) is 0 Å². The molecule has 0 atom stereocenters. The number of hydrogen-bond acceptors (Lipinski definition) is 8. The fourth-order valence-corrected chi connectivity index (χ4v) is 3.95. The van der Waals surface area contributed by atoms with E-state index in [2.05, 4.69) is 46.5 Å². The first kappa shape index (κ1) is 20.9. The largest absolute Gasteiger partial charge is 0.327 e. The number of thiol groups is 2. The lowest BCUT2D eigenvalue weighted by molar-refractivity contribution is -0.384. The van der Waals surface area contributed by atoms with E-state index in [0.29, 0.717) is 5.56 Å². The second-order valence-corrected chi connectivity index (χ2v) is 7.62. The van der Waals surface area contributed by atoms with Crippen molar-refractivity contribution >= 4 is 54.6 Å². The smallest absolute Gasteiger partial charge is 0.269 e. The van der Waals surface area contributed by atoms with Gasteiger partial charge in [-0.25, -0.2) is 0 Å². The Morgan fingerprint density at radius 1 is 0.828 bits per heavy atom. The molecule has 1 aromatic rings. The fourth-order valence-electron chi connectivity index (χ4n) is 3.44. The Morgan fingerprint density at radius 2 is 1.21 bits per heavy atom. The summed E-state index contributed by atoms with van der Waals surface area (Å²) >= 11 is 7.99. The monoisotopic (exact) mass is 439 g/mol. The summed E-state index contributed by atoms with van der Waals surface area (Å²) in [7, 11) is 0. The van der Waals surface area contributed by atoms with Crippen molar-refractivity contribution in [2.75, 3.05) is 0 Å². The standard InChI is InChI=1S/C16H17N5O6S2/c22-11-9(12(23)18-15(28)17-11)8(10-13(24)19-16(29)20-14(10)25)5-6-1-3-7(4-2-6)21(26)27/h1-4,8-10,15-16,28-29H,5H2,(H,17,22)(H,18,23)(H,19,24)(H,20,25). The molecule has 0 unspecified atom stereocenters. The van der Waals surface area contributed by atoms with Crippen molar-refractivity contribution < 1.29 is 24.1 Å². The van der Waals surface area contributed by atoms with Gasteiger partial charge in [-0.1, -0.05) is 12.1 Å². The molecule has 1 aromatic carbocycles. The van der Waals surface area contributed by atoms with Crippen LogP contribution in [0.5, 0.6) is 0 Å². The Labute approximate surface area is 175 Å². The number of benzene rings is 1. The van der Waals surface area contributed by atoms with E-state index >= 15 is 0 Å². The summed E-state index contributed by atoms with van der Waals surface area (Å²) in [5.74, 6) is -6.41. The molecule has 0 aromatic heterocycles. The highest BCUT2D eigenvalue weighted by Crippen LogP contribution is 2.31. The number of carbonyl (C=O) groups excluding carboxylic acids is 4. The van der Waals surface area contributed by atoms with Crippen LogP contribution in [0, 0.1) is 27.9 Å². The second kappa shape index (κ2) is 8.29. The highest BCUT2D eigenvalue weighted by Gasteiger charge is 2.49. The first-order valence-electron chi connectivity index (χ1n) is 8.48. The third kappa shape index (κ3) is 4.45. The molecule has 154 valence electrons. The molecule has 4 amide bonds. The van der Waals surface area contributed by atoms with Crippen molar-refractivity contribution in [2.45, 2.75) is 17.4 Å². The first-order valence-corrected chi connectivity index (χ1v) is 9.51. The van der Waals surface area contributed by atoms with Crippen LogP contribution in [0.25, 0.3) is 0 Å². The Morgan fingerprint density at radius 3 is 1.55 bits per heavy atom. The van der Waals surface area contributed by atoms with E-state index in [1.54, 1.807) is 0 Å². The third-order valence-corrected chi connectivity index (χ3v) is 5.24. The third-order valence-electron chi connectivity index (χ3n) is 4.72. The number of carbonyl (C=O) groups is 4. The van der Waals surface area contributed by atoms with Crippen molar-refractivity contribution in [3.63, 3.8) is 0 Å². The number of nitrogens with zero attached hydrogens (tertiary/aromatic N) is 1. The number of nitrogens with one attached hydrogen (secondary N) is 4. The molecular formula is C16H17N5O6S2. The van der Waals surface area contributed by atoms with E-state index in [1.807, 2.05) is 0 Å². The summed E-state index contributed by atoms with van der Waals surface area (Å²) < 4.78 is 0. The number of nitro benzene ring substituents is 1. The summed E-state index contributed by atoms with van der Waals surface area (Å²) in [5, 5.41) is 20.7. The molecule has 29 heavy (non-hydrogen) atoms. The molecule has 13 heteroatoms. The molecule has 11 nitrogen and oxygen atoms in total. The molecule has 2 fully saturated rings. The summed E-state index contributed by atoms with van der Waals surface area (Å²) in [6.45, 7) is 0. The van der Waals surface area contributed by atoms with Crippen molar-refractivity contribution in [2.24, 2.45) is 17.8 Å². The van der Waals surface area contributed by atoms with Gasteiger partial charge in [0.2, 0.25) is 23.6 Å². The van der Waals surface area contributed by atoms with Gasteiger partial charge in [0.1, 0.15) is 22.8 Å². The minimum Gasteiger partial charge on any atom is -0.327 e. The molecule has 2 aliphatic heterocycles. The number of amides is 4. The van der Waals surface area contributed by atoms with Gasteiger partial charge in [0.25, 0.3) is 5.69 Å². The lowest BCUT2D eigenvalue weighted by Gasteiger charge is -2.37. The van der Waals surface area contributed by atoms with Crippen LogP contribution in [0.1, 0.15) is 5.56 Å². The maximum Gasteiger partial charge on any atom is 0.269 e. The van der Waals surface area contributed by atoms with Gasteiger partial charge in [-0.3, -0.25) is 29.3 Å². The average Bonchev–Trinajstić information content (AvgIpc) is 2.60. The fraction of sp³-hybridized carbons (Fsp3) is 0.375. The van der Waals surface area contributed by atoms with E-state index < -0.39 is 57.3 Å². The topological polar surface area (TPSA) is 160 Å². The number of nitro groups is 1. The van der Waals surface area contributed by atoms with Crippen LogP contribution in [-0.4, -0.2) is 39.5 Å². The molecule has 0 aliphatic carbocycles. The average molecular weight is 439 g/mol. The van der Waals surface area contributed by atoms with Gasteiger partial charge in [-0.15, -0.1) is 25.3 Å². The molecular weight excluding hydrogens is 422 g/mol. The van der Waals surface area contributed by atoms with E-state index in [-0.39, 0.29) is 12.1 Å². The van der Waals surface area contributed by atoms with Crippen LogP contribution < -0.4 is 21.3 Å². The zero-order valence-electron chi connectivity index (χ0n) is 14.7. The normalized spacial score (nSPS) is 27.9. The van der Waals surface area contributed by atoms with Gasteiger partial charge >= 0.3 is 0 Å². The Bertz CT molecular complexity index is 801. The van der Waals surface area contributed by atoms with Gasteiger partial charge in [-0.2, -0.15) is 0 Å². The maximum atomic E-state index is 12.5. The zero-order valence-corrected chi connectivity index (χ0v) is 16.5. The SMILES string of the molecule is O=C1NC(S)NC(=O)C1C(Cc1ccc([N+](=O)[O-])cc1)C1C(=O)NC(S)NC1=O. The number of hydrogen-bond donors (Lipinski definition) is 6. The minimum atomic E-state index is -1.34. The van der Waals surface area contributed by atoms with Crippen LogP contribution in [0.3, 0.4) is 0 Å². The van der Waals surface area contributed by atoms with E-state index in [4.69, 9.17) is 0 Å². The van der Waals surface area contributed by atoms with Gasteiger partial charge < -0.3 is 21.3 Å². The van der Waals surface area contributed by atoms with Crippen LogP contribution in [-0.2, 0) is 25.6 Å². The van der Waals surface area contributed by atoms with Crippen molar-refractivity contribution in [1.29, 1.82) is 0 Å². The van der Waals surface area contributed by atoms with Gasteiger partial charge in [0.05, 0.1) is 4.92 Å². The van der Waals surface area contributed by atoms with Crippen molar-refractivity contribution in [3.8, 4) is 0 Å². The van der Waals surface area contributed by atoms with Crippen LogP contribution in [0.4, 0.5) is 5.69 Å². The molecule has 4 N–H and O–H groups in total. The zero-order chi connectivity index (χ0) is 21.3. The molecule has 2 aliphatic rings. The summed E-state index contributed by atoms with van der Waals surface area (Å²) in [6, 6.07) is 5.43. The van der Waals surface area contributed by atoms with E-state index in [1.165, 1.54) is 24.3 Å². The summed E-state index contributed by atoms with van der Waals surface area (Å²) in [5.41, 5.74) is -1.39. The molecule has 0 bridgehead atoms. The second-order valence-electron chi connectivity index (χ2n) is 6.59. The molecule has 2 heterocycles. The van der Waals surface area contributed by atoms with Gasteiger partial charge in [-0.05, 0) is 12.0 Å². The lowest BCUT2D eigenvalue weighted by Crippen LogP contribution is -2.64. The van der Waals surface area contributed by atoms with Gasteiger partial charge in [0, 0.05) is 18.1 Å². The Kier molecular flexibility index (Phi) is 5.98. The van der Waals surface area contributed by atoms with Gasteiger partial charge in [0.15, 0.2) is 0 Å². The predicted molar refractivity (Wildman–Crippen MR) is 105 cm³/mol. The quantitative estimate of drug-likeness (QED) is 0.148. The summed E-state index contributed by atoms with van der Waals surface area (Å²) in [4.78, 5) is 60.4. The maximum absolute atomic E-state index is 12.5. The molecule has 2 saturated heterocycles. The number of non-ortho nitro benzene ring substituents is 1. The van der Waals surface area contributed by atoms with E-state index in [0.717, 1.165) is 0 Å². The first-order chi connectivity index (χ1) is 13.7. The minimum absolute atomic E-state index is 0.0243. The summed E-state index contributed by atoms with van der Waals surface area (Å²) in [6.07, 6.45) is -0.0243. The molecule has 3 rings (SSSR count).